The van der Waals surface area contributed by atoms with E-state index in [9.17, 15) is 9.59 Å². The largest absolute Gasteiger partial charge is 0.461 e. The molecule has 0 saturated carbocycles. The van der Waals surface area contributed by atoms with Crippen molar-refractivity contribution in [1.29, 1.82) is 0 Å². The van der Waals surface area contributed by atoms with Crippen LogP contribution in [0.2, 0.25) is 0 Å². The van der Waals surface area contributed by atoms with Gasteiger partial charge in [-0.05, 0) is 13.8 Å². The summed E-state index contributed by atoms with van der Waals surface area (Å²) in [6.45, 7) is 5.00. The summed E-state index contributed by atoms with van der Waals surface area (Å²) in [7, 11) is 0. The molecule has 0 radical (unpaired) electrons. The number of carbonyl (C=O) groups excluding carboxylic acids is 2. The second-order valence-electron chi connectivity index (χ2n) is 2.10. The van der Waals surface area contributed by atoms with Gasteiger partial charge in [0.15, 0.2) is 0 Å². The Morgan fingerprint density at radius 2 is 2.08 bits per heavy atom. The van der Waals surface area contributed by atoms with Crippen molar-refractivity contribution in [3.05, 3.63) is 11.8 Å². The fourth-order valence-electron chi connectivity index (χ4n) is 0.640. The Balaban J connectivity index is 4.17. The molecular formula is C8H13NO3. The van der Waals surface area contributed by atoms with Crippen LogP contribution in [0.3, 0.4) is 0 Å². The van der Waals surface area contributed by atoms with Crippen LogP contribution in [0.4, 0.5) is 0 Å². The maximum atomic E-state index is 11.0. The molecule has 0 aliphatic rings. The number of hydrogen-bond donors (Lipinski definition) is 1. The van der Waals surface area contributed by atoms with Gasteiger partial charge in [-0.2, -0.15) is 0 Å². The minimum absolute atomic E-state index is 0.185. The summed E-state index contributed by atoms with van der Waals surface area (Å²) in [6, 6.07) is 0. The molecule has 0 heterocycles. The van der Waals surface area contributed by atoms with Crippen LogP contribution in [0.1, 0.15) is 20.8 Å². The number of allylic oxidation sites excluding steroid dienone is 1. The molecule has 0 fully saturated rings. The van der Waals surface area contributed by atoms with E-state index in [4.69, 9.17) is 0 Å². The third kappa shape index (κ3) is 3.75. The lowest BCUT2D eigenvalue weighted by atomic mass is 10.4. The number of esters is 1. The van der Waals surface area contributed by atoms with Crippen LogP contribution in [-0.4, -0.2) is 18.5 Å². The van der Waals surface area contributed by atoms with E-state index in [1.165, 1.54) is 13.0 Å². The zero-order valence-corrected chi connectivity index (χ0v) is 7.51. The molecule has 0 aromatic heterocycles. The Kier molecular flexibility index (Phi) is 4.76. The Hall–Kier alpha value is -1.32. The van der Waals surface area contributed by atoms with Gasteiger partial charge in [-0.3, -0.25) is 4.79 Å². The average molecular weight is 171 g/mol. The first-order valence-corrected chi connectivity index (χ1v) is 3.72. The quantitative estimate of drug-likeness (QED) is 0.499. The minimum Gasteiger partial charge on any atom is -0.461 e. The van der Waals surface area contributed by atoms with Crippen molar-refractivity contribution in [2.45, 2.75) is 20.8 Å². The van der Waals surface area contributed by atoms with Crippen LogP contribution in [0.5, 0.6) is 0 Å². The molecular weight excluding hydrogens is 158 g/mol. The molecule has 0 aromatic carbocycles. The summed E-state index contributed by atoms with van der Waals surface area (Å²) in [5.74, 6) is -0.786. The monoisotopic (exact) mass is 171 g/mol. The molecule has 4 nitrogen and oxygen atoms in total. The molecule has 0 bridgehead atoms. The lowest BCUT2D eigenvalue weighted by Gasteiger charge is -2.05. The summed E-state index contributed by atoms with van der Waals surface area (Å²) in [6.07, 6.45) is 1.50. The smallest absolute Gasteiger partial charge is 0.354 e. The molecule has 4 heteroatoms. The van der Waals surface area contributed by atoms with E-state index in [1.54, 1.807) is 13.8 Å². The first-order chi connectivity index (χ1) is 5.61. The summed E-state index contributed by atoms with van der Waals surface area (Å²) in [5.41, 5.74) is 0.185. The van der Waals surface area contributed by atoms with Crippen LogP contribution < -0.4 is 5.32 Å². The van der Waals surface area contributed by atoms with Crippen molar-refractivity contribution in [1.82, 2.24) is 5.32 Å². The van der Waals surface area contributed by atoms with Crippen LogP contribution in [0.15, 0.2) is 11.8 Å². The first kappa shape index (κ1) is 10.7. The zero-order valence-electron chi connectivity index (χ0n) is 7.51. The Morgan fingerprint density at radius 3 is 2.42 bits per heavy atom. The normalized spacial score (nSPS) is 10.8. The molecule has 68 valence electrons. The van der Waals surface area contributed by atoms with E-state index < -0.39 is 5.97 Å². The molecule has 0 unspecified atom stereocenters. The third-order valence-corrected chi connectivity index (χ3v) is 1.09. The Morgan fingerprint density at radius 1 is 1.50 bits per heavy atom. The van der Waals surface area contributed by atoms with Gasteiger partial charge in [-0.15, -0.1) is 0 Å². The molecule has 0 rings (SSSR count). The lowest BCUT2D eigenvalue weighted by molar-refractivity contribution is -0.140. The highest BCUT2D eigenvalue weighted by Gasteiger charge is 2.09. The van der Waals surface area contributed by atoms with Crippen molar-refractivity contribution in [2.24, 2.45) is 0 Å². The molecule has 0 aliphatic heterocycles. The van der Waals surface area contributed by atoms with Crippen LogP contribution >= 0.6 is 0 Å². The highest BCUT2D eigenvalue weighted by molar-refractivity contribution is 5.93. The van der Waals surface area contributed by atoms with Gasteiger partial charge in [0.1, 0.15) is 5.70 Å². The molecule has 0 saturated heterocycles. The van der Waals surface area contributed by atoms with Gasteiger partial charge in [0, 0.05) is 6.92 Å². The van der Waals surface area contributed by atoms with E-state index in [2.05, 4.69) is 10.1 Å². The molecule has 0 atom stereocenters. The van der Waals surface area contributed by atoms with Crippen LogP contribution in [0, 0.1) is 0 Å². The number of carbonyl (C=O) groups is 2. The number of rotatable bonds is 3. The maximum absolute atomic E-state index is 11.0. The minimum atomic E-state index is -0.504. The summed E-state index contributed by atoms with van der Waals surface area (Å²) in [4.78, 5) is 21.6. The fourth-order valence-corrected chi connectivity index (χ4v) is 0.640. The van der Waals surface area contributed by atoms with Crippen LogP contribution in [-0.2, 0) is 14.3 Å². The average Bonchev–Trinajstić information content (AvgIpc) is 2.00. The molecule has 1 amide bonds. The van der Waals surface area contributed by atoms with Crippen molar-refractivity contribution in [3.8, 4) is 0 Å². The van der Waals surface area contributed by atoms with Gasteiger partial charge < -0.3 is 10.1 Å². The highest BCUT2D eigenvalue weighted by atomic mass is 16.5. The van der Waals surface area contributed by atoms with Gasteiger partial charge in [0.2, 0.25) is 5.91 Å². The number of hydrogen-bond acceptors (Lipinski definition) is 3. The molecule has 0 spiro atoms. The van der Waals surface area contributed by atoms with E-state index in [-0.39, 0.29) is 11.6 Å². The van der Waals surface area contributed by atoms with E-state index in [0.29, 0.717) is 6.61 Å². The predicted molar refractivity (Wildman–Crippen MR) is 44.2 cm³/mol. The molecule has 0 aromatic rings. The third-order valence-electron chi connectivity index (χ3n) is 1.09. The number of amides is 1. The van der Waals surface area contributed by atoms with Crippen molar-refractivity contribution in [2.75, 3.05) is 6.61 Å². The van der Waals surface area contributed by atoms with Gasteiger partial charge in [-0.1, -0.05) is 6.08 Å². The first-order valence-electron chi connectivity index (χ1n) is 3.72. The van der Waals surface area contributed by atoms with E-state index >= 15 is 0 Å². The molecule has 12 heavy (non-hydrogen) atoms. The maximum Gasteiger partial charge on any atom is 0.354 e. The second kappa shape index (κ2) is 5.35. The van der Waals surface area contributed by atoms with E-state index in [1.807, 2.05) is 0 Å². The topological polar surface area (TPSA) is 55.4 Å². The van der Waals surface area contributed by atoms with Crippen molar-refractivity contribution in [3.63, 3.8) is 0 Å². The SMILES string of the molecule is C/C=C(\NC(C)=O)C(=O)OCC. The Bertz CT molecular complexity index is 208. The molecule has 0 aliphatic carbocycles. The predicted octanol–water partition coefficient (Wildman–Crippen LogP) is 0.589. The summed E-state index contributed by atoms with van der Waals surface area (Å²) >= 11 is 0. The van der Waals surface area contributed by atoms with Gasteiger partial charge >= 0.3 is 5.97 Å². The summed E-state index contributed by atoms with van der Waals surface area (Å²) < 4.78 is 4.67. The lowest BCUT2D eigenvalue weighted by Crippen LogP contribution is -2.26. The molecule has 1 N–H and O–H groups in total. The standard InChI is InChI=1S/C8H13NO3/c1-4-7(9-6(3)10)8(11)12-5-2/h4H,5H2,1-3H3,(H,9,10)/b7-4-. The van der Waals surface area contributed by atoms with Gasteiger partial charge in [0.25, 0.3) is 0 Å². The van der Waals surface area contributed by atoms with Crippen molar-refractivity contribution >= 4 is 11.9 Å². The second-order valence-corrected chi connectivity index (χ2v) is 2.10. The van der Waals surface area contributed by atoms with E-state index in [0.717, 1.165) is 0 Å². The van der Waals surface area contributed by atoms with Crippen LogP contribution in [0.25, 0.3) is 0 Å². The number of ether oxygens (including phenoxy) is 1. The summed E-state index contributed by atoms with van der Waals surface area (Å²) in [5, 5.41) is 2.36. The highest BCUT2D eigenvalue weighted by Crippen LogP contribution is 1.93. The Labute approximate surface area is 71.6 Å². The van der Waals surface area contributed by atoms with Gasteiger partial charge in [-0.25, -0.2) is 4.79 Å². The number of nitrogens with one attached hydrogen (secondary N) is 1. The van der Waals surface area contributed by atoms with Crippen molar-refractivity contribution < 1.29 is 14.3 Å². The fraction of sp³-hybridized carbons (Fsp3) is 0.500. The zero-order chi connectivity index (χ0) is 9.56. The van der Waals surface area contributed by atoms with Gasteiger partial charge in [0.05, 0.1) is 6.61 Å².